The van der Waals surface area contributed by atoms with Gasteiger partial charge >= 0.3 is 0 Å². The zero-order valence-corrected chi connectivity index (χ0v) is 12.0. The molecule has 1 aliphatic carbocycles. The lowest BCUT2D eigenvalue weighted by Gasteiger charge is -2.41. The molecule has 0 aromatic carbocycles. The zero-order valence-electron chi connectivity index (χ0n) is 11.2. The predicted octanol–water partition coefficient (Wildman–Crippen LogP) is 2.40. The standard InChI is InChI=1S/C15H19NO2S/c1-2-15(8-4-9-15)11-16-14(18)13-7-6-12(19-13)5-3-10-17/h6-7,17H,2,4,8-11H2,1H3,(H,16,18). The summed E-state index contributed by atoms with van der Waals surface area (Å²) in [6.07, 6.45) is 4.86. The number of nitrogens with one attached hydrogen (secondary N) is 1. The first-order valence-electron chi connectivity index (χ1n) is 6.67. The molecule has 0 atom stereocenters. The summed E-state index contributed by atoms with van der Waals surface area (Å²) < 4.78 is 0. The molecule has 19 heavy (non-hydrogen) atoms. The van der Waals surface area contributed by atoms with Crippen molar-refractivity contribution < 1.29 is 9.90 Å². The molecule has 3 nitrogen and oxygen atoms in total. The van der Waals surface area contributed by atoms with Gasteiger partial charge in [-0.1, -0.05) is 25.2 Å². The van der Waals surface area contributed by atoms with Gasteiger partial charge in [-0.3, -0.25) is 4.79 Å². The third kappa shape index (κ3) is 3.37. The molecule has 102 valence electrons. The molecule has 0 bridgehead atoms. The number of hydrogen-bond acceptors (Lipinski definition) is 3. The van der Waals surface area contributed by atoms with Crippen molar-refractivity contribution in [2.24, 2.45) is 5.41 Å². The van der Waals surface area contributed by atoms with Crippen molar-refractivity contribution in [2.75, 3.05) is 13.2 Å². The Hall–Kier alpha value is -1.31. The van der Waals surface area contributed by atoms with Crippen LogP contribution < -0.4 is 5.32 Å². The quantitative estimate of drug-likeness (QED) is 0.830. The maximum atomic E-state index is 12.0. The van der Waals surface area contributed by atoms with Gasteiger partial charge in [-0.25, -0.2) is 0 Å². The number of hydrogen-bond donors (Lipinski definition) is 2. The lowest BCUT2D eigenvalue weighted by atomic mass is 9.67. The topological polar surface area (TPSA) is 49.3 Å². The average molecular weight is 277 g/mol. The molecule has 1 amide bonds. The normalized spacial score (nSPS) is 16.1. The number of aliphatic hydroxyl groups is 1. The van der Waals surface area contributed by atoms with Crippen LogP contribution in [-0.4, -0.2) is 24.2 Å². The summed E-state index contributed by atoms with van der Waals surface area (Å²) >= 11 is 1.37. The first-order chi connectivity index (χ1) is 9.19. The smallest absolute Gasteiger partial charge is 0.261 e. The molecule has 1 aromatic heterocycles. The predicted molar refractivity (Wildman–Crippen MR) is 77.2 cm³/mol. The van der Waals surface area contributed by atoms with Crippen LogP contribution in [0.25, 0.3) is 0 Å². The molecule has 1 aliphatic rings. The van der Waals surface area contributed by atoms with Gasteiger partial charge in [-0.05, 0) is 36.8 Å². The van der Waals surface area contributed by atoms with E-state index in [1.54, 1.807) is 6.07 Å². The first-order valence-corrected chi connectivity index (χ1v) is 7.48. The van der Waals surface area contributed by atoms with Crippen LogP contribution in [-0.2, 0) is 0 Å². The van der Waals surface area contributed by atoms with E-state index in [2.05, 4.69) is 24.1 Å². The molecule has 2 rings (SSSR count). The minimum absolute atomic E-state index is 0.0122. The van der Waals surface area contributed by atoms with Crippen LogP contribution in [0.2, 0.25) is 0 Å². The van der Waals surface area contributed by atoms with Gasteiger partial charge in [0, 0.05) is 6.54 Å². The number of thiophene rings is 1. The van der Waals surface area contributed by atoms with E-state index in [1.165, 1.54) is 30.6 Å². The Morgan fingerprint density at radius 1 is 1.53 bits per heavy atom. The molecule has 1 aromatic rings. The number of carbonyl (C=O) groups excluding carboxylic acids is 1. The molecular formula is C15H19NO2S. The monoisotopic (exact) mass is 277 g/mol. The van der Waals surface area contributed by atoms with E-state index in [0.29, 0.717) is 10.3 Å². The molecule has 2 N–H and O–H groups in total. The Balaban J connectivity index is 1.91. The summed E-state index contributed by atoms with van der Waals surface area (Å²) in [5, 5.41) is 11.7. The molecular weight excluding hydrogens is 258 g/mol. The van der Waals surface area contributed by atoms with Gasteiger partial charge in [-0.2, -0.15) is 0 Å². The molecule has 0 unspecified atom stereocenters. The van der Waals surface area contributed by atoms with E-state index in [4.69, 9.17) is 5.11 Å². The number of aliphatic hydroxyl groups excluding tert-OH is 1. The molecule has 0 radical (unpaired) electrons. The van der Waals surface area contributed by atoms with Crippen molar-refractivity contribution in [2.45, 2.75) is 32.6 Å². The molecule has 1 heterocycles. The van der Waals surface area contributed by atoms with Crippen molar-refractivity contribution in [1.82, 2.24) is 5.32 Å². The zero-order chi connectivity index (χ0) is 13.7. The van der Waals surface area contributed by atoms with E-state index in [-0.39, 0.29) is 12.5 Å². The average Bonchev–Trinajstić information content (AvgIpc) is 2.84. The van der Waals surface area contributed by atoms with Crippen LogP contribution in [0.5, 0.6) is 0 Å². The lowest BCUT2D eigenvalue weighted by Crippen LogP contribution is -2.41. The Labute approximate surface area is 118 Å². The summed E-state index contributed by atoms with van der Waals surface area (Å²) in [5.74, 6) is 5.39. The highest BCUT2D eigenvalue weighted by molar-refractivity contribution is 7.14. The summed E-state index contributed by atoms with van der Waals surface area (Å²) in [4.78, 5) is 13.5. The van der Waals surface area contributed by atoms with Gasteiger partial charge in [0.05, 0.1) is 9.75 Å². The highest BCUT2D eigenvalue weighted by atomic mass is 32.1. The maximum absolute atomic E-state index is 12.0. The minimum atomic E-state index is -0.154. The molecule has 1 saturated carbocycles. The third-order valence-corrected chi connectivity index (χ3v) is 4.91. The van der Waals surface area contributed by atoms with E-state index >= 15 is 0 Å². The van der Waals surface area contributed by atoms with Crippen LogP contribution in [0.3, 0.4) is 0 Å². The summed E-state index contributed by atoms with van der Waals surface area (Å²) in [5.41, 5.74) is 0.340. The molecule has 0 saturated heterocycles. The summed E-state index contributed by atoms with van der Waals surface area (Å²) in [6, 6.07) is 3.61. The van der Waals surface area contributed by atoms with Gasteiger partial charge in [0.15, 0.2) is 0 Å². The Morgan fingerprint density at radius 3 is 2.89 bits per heavy atom. The fourth-order valence-electron chi connectivity index (χ4n) is 2.34. The van der Waals surface area contributed by atoms with Crippen LogP contribution in [0, 0.1) is 17.3 Å². The summed E-state index contributed by atoms with van der Waals surface area (Å²) in [6.45, 7) is 2.81. The maximum Gasteiger partial charge on any atom is 0.261 e. The van der Waals surface area contributed by atoms with Gasteiger partial charge < -0.3 is 10.4 Å². The van der Waals surface area contributed by atoms with E-state index in [9.17, 15) is 4.79 Å². The Kier molecular flexibility index (Phi) is 4.62. The van der Waals surface area contributed by atoms with Crippen LogP contribution in [0.4, 0.5) is 0 Å². The number of carbonyl (C=O) groups is 1. The molecule has 0 spiro atoms. The van der Waals surface area contributed by atoms with Crippen molar-refractivity contribution >= 4 is 17.2 Å². The lowest BCUT2D eigenvalue weighted by molar-refractivity contribution is 0.0854. The van der Waals surface area contributed by atoms with Gasteiger partial charge in [-0.15, -0.1) is 11.3 Å². The molecule has 4 heteroatoms. The van der Waals surface area contributed by atoms with Gasteiger partial charge in [0.1, 0.15) is 6.61 Å². The Bertz CT molecular complexity index is 500. The van der Waals surface area contributed by atoms with Crippen molar-refractivity contribution in [1.29, 1.82) is 0 Å². The number of rotatable bonds is 4. The van der Waals surface area contributed by atoms with Gasteiger partial charge in [0.2, 0.25) is 0 Å². The summed E-state index contributed by atoms with van der Waals surface area (Å²) in [7, 11) is 0. The fourth-order valence-corrected chi connectivity index (χ4v) is 3.14. The van der Waals surface area contributed by atoms with Gasteiger partial charge in [0.25, 0.3) is 5.91 Å². The second-order valence-electron chi connectivity index (χ2n) is 5.01. The largest absolute Gasteiger partial charge is 0.384 e. The van der Waals surface area contributed by atoms with E-state index in [1.807, 2.05) is 6.07 Å². The minimum Gasteiger partial charge on any atom is -0.384 e. The highest BCUT2D eigenvalue weighted by Crippen LogP contribution is 2.43. The fraction of sp³-hybridized carbons (Fsp3) is 0.533. The van der Waals surface area contributed by atoms with Crippen molar-refractivity contribution in [3.05, 3.63) is 21.9 Å². The SMILES string of the molecule is CCC1(CNC(=O)c2ccc(C#CCO)s2)CCC1. The third-order valence-electron chi connectivity index (χ3n) is 3.91. The highest BCUT2D eigenvalue weighted by Gasteiger charge is 2.35. The van der Waals surface area contributed by atoms with Crippen molar-refractivity contribution in [3.63, 3.8) is 0 Å². The van der Waals surface area contributed by atoms with Crippen molar-refractivity contribution in [3.8, 4) is 11.8 Å². The molecule has 1 fully saturated rings. The van der Waals surface area contributed by atoms with Crippen LogP contribution >= 0.6 is 11.3 Å². The number of amides is 1. The van der Waals surface area contributed by atoms with Crippen LogP contribution in [0.1, 0.15) is 47.2 Å². The second-order valence-corrected chi connectivity index (χ2v) is 6.10. The second kappa shape index (κ2) is 6.23. The van der Waals surface area contributed by atoms with E-state index in [0.717, 1.165) is 17.8 Å². The first kappa shape index (κ1) is 14.1. The van der Waals surface area contributed by atoms with Crippen LogP contribution in [0.15, 0.2) is 12.1 Å². The van der Waals surface area contributed by atoms with E-state index < -0.39 is 0 Å². The Morgan fingerprint density at radius 2 is 2.32 bits per heavy atom. The molecule has 0 aliphatic heterocycles.